The molecule has 2 saturated heterocycles. The number of carbonyl (C=O) groups excluding carboxylic acids is 1. The number of furan rings is 1. The Balaban J connectivity index is 1.45. The topological polar surface area (TPSA) is 54.7 Å². The van der Waals surface area contributed by atoms with Crippen LogP contribution >= 0.6 is 11.8 Å². The van der Waals surface area contributed by atoms with E-state index in [4.69, 9.17) is 9.15 Å². The molecule has 0 atom stereocenters. The molecule has 2 aliphatic heterocycles. The predicted molar refractivity (Wildman–Crippen MR) is 91.8 cm³/mol. The minimum absolute atomic E-state index is 0.0816. The zero-order valence-electron chi connectivity index (χ0n) is 13.8. The van der Waals surface area contributed by atoms with Crippen molar-refractivity contribution in [3.63, 3.8) is 0 Å². The molecule has 23 heavy (non-hydrogen) atoms. The van der Waals surface area contributed by atoms with E-state index in [2.05, 4.69) is 10.2 Å². The predicted octanol–water partition coefficient (Wildman–Crippen LogP) is 2.52. The Bertz CT molecular complexity index is 506. The zero-order valence-corrected chi connectivity index (χ0v) is 14.6. The third-order valence-electron chi connectivity index (χ3n) is 4.74. The molecular weight excluding hydrogens is 312 g/mol. The van der Waals surface area contributed by atoms with Gasteiger partial charge in [-0.25, -0.2) is 0 Å². The van der Waals surface area contributed by atoms with E-state index < -0.39 is 0 Å². The van der Waals surface area contributed by atoms with E-state index in [1.807, 2.05) is 12.3 Å². The molecule has 5 nitrogen and oxygen atoms in total. The molecule has 0 aromatic carbocycles. The Morgan fingerprint density at radius 2 is 2.00 bits per heavy atom. The number of amides is 1. The summed E-state index contributed by atoms with van der Waals surface area (Å²) in [6.07, 6.45) is 6.33. The van der Waals surface area contributed by atoms with Crippen LogP contribution in [0.1, 0.15) is 42.0 Å². The highest BCUT2D eigenvalue weighted by molar-refractivity contribution is 7.97. The molecule has 2 fully saturated rings. The fraction of sp³-hybridized carbons (Fsp3) is 0.706. The first-order chi connectivity index (χ1) is 11.3. The Kier molecular flexibility index (Phi) is 6.02. The maximum absolute atomic E-state index is 12.3. The molecule has 6 heteroatoms. The average Bonchev–Trinajstić information content (AvgIpc) is 3.06. The van der Waals surface area contributed by atoms with Gasteiger partial charge in [0.15, 0.2) is 5.76 Å². The Hall–Kier alpha value is -0.980. The summed E-state index contributed by atoms with van der Waals surface area (Å²) in [5.74, 6) is 2.01. The standard InChI is InChI=1S/C17H26N2O3S/c1-23-12-15-2-3-16(22-15)17(20)18-13-4-8-19(9-5-13)14-6-10-21-11-7-14/h2-3,13-14H,4-12H2,1H3,(H,18,20). The largest absolute Gasteiger partial charge is 0.455 e. The Morgan fingerprint density at radius 1 is 1.26 bits per heavy atom. The molecular formula is C17H26N2O3S. The molecule has 0 aliphatic carbocycles. The van der Waals surface area contributed by atoms with Gasteiger partial charge in [-0.1, -0.05) is 0 Å². The molecule has 2 aliphatic rings. The lowest BCUT2D eigenvalue weighted by Gasteiger charge is -2.39. The van der Waals surface area contributed by atoms with Crippen LogP contribution in [0.5, 0.6) is 0 Å². The normalized spacial score (nSPS) is 21.4. The van der Waals surface area contributed by atoms with Crippen LogP contribution < -0.4 is 5.32 Å². The summed E-state index contributed by atoms with van der Waals surface area (Å²) in [6.45, 7) is 3.90. The molecule has 0 bridgehead atoms. The van der Waals surface area contributed by atoms with Crippen molar-refractivity contribution in [3.8, 4) is 0 Å². The van der Waals surface area contributed by atoms with Crippen molar-refractivity contribution in [2.24, 2.45) is 0 Å². The monoisotopic (exact) mass is 338 g/mol. The highest BCUT2D eigenvalue weighted by atomic mass is 32.2. The first kappa shape index (κ1) is 16.9. The number of piperidine rings is 1. The van der Waals surface area contributed by atoms with Crippen molar-refractivity contribution in [2.45, 2.75) is 43.5 Å². The van der Waals surface area contributed by atoms with E-state index in [-0.39, 0.29) is 11.9 Å². The lowest BCUT2D eigenvalue weighted by atomic mass is 9.99. The lowest BCUT2D eigenvalue weighted by Crippen LogP contribution is -2.49. The fourth-order valence-corrected chi connectivity index (χ4v) is 3.88. The summed E-state index contributed by atoms with van der Waals surface area (Å²) in [6, 6.07) is 4.59. The van der Waals surface area contributed by atoms with Crippen molar-refractivity contribution in [2.75, 3.05) is 32.6 Å². The van der Waals surface area contributed by atoms with Crippen molar-refractivity contribution in [1.82, 2.24) is 10.2 Å². The molecule has 3 rings (SSSR count). The Labute approximate surface area is 142 Å². The van der Waals surface area contributed by atoms with E-state index >= 15 is 0 Å². The number of likely N-dealkylation sites (tertiary alicyclic amines) is 1. The molecule has 3 heterocycles. The van der Waals surface area contributed by atoms with E-state index in [0.29, 0.717) is 11.8 Å². The van der Waals surface area contributed by atoms with Crippen molar-refractivity contribution >= 4 is 17.7 Å². The third-order valence-corrected chi connectivity index (χ3v) is 5.32. The first-order valence-electron chi connectivity index (χ1n) is 8.46. The van der Waals surface area contributed by atoms with Crippen LogP contribution in [0.4, 0.5) is 0 Å². The van der Waals surface area contributed by atoms with Gasteiger partial charge in [-0.05, 0) is 44.1 Å². The minimum atomic E-state index is -0.0816. The minimum Gasteiger partial charge on any atom is -0.455 e. The van der Waals surface area contributed by atoms with Crippen LogP contribution in [0.15, 0.2) is 16.5 Å². The number of hydrogen-bond donors (Lipinski definition) is 1. The number of hydrogen-bond acceptors (Lipinski definition) is 5. The fourth-order valence-electron chi connectivity index (χ4n) is 3.44. The maximum atomic E-state index is 12.3. The van der Waals surface area contributed by atoms with E-state index in [9.17, 15) is 4.79 Å². The van der Waals surface area contributed by atoms with E-state index in [1.54, 1.807) is 17.8 Å². The highest BCUT2D eigenvalue weighted by Gasteiger charge is 2.27. The van der Waals surface area contributed by atoms with Crippen LogP contribution in [-0.2, 0) is 10.5 Å². The summed E-state index contributed by atoms with van der Waals surface area (Å²) < 4.78 is 11.0. The third kappa shape index (κ3) is 4.52. The molecule has 1 aromatic rings. The molecule has 0 spiro atoms. The maximum Gasteiger partial charge on any atom is 0.287 e. The van der Waals surface area contributed by atoms with Gasteiger partial charge in [-0.15, -0.1) is 0 Å². The number of ether oxygens (including phenoxy) is 1. The lowest BCUT2D eigenvalue weighted by molar-refractivity contribution is 0.0238. The summed E-state index contributed by atoms with van der Waals surface area (Å²) in [5.41, 5.74) is 0. The second-order valence-electron chi connectivity index (χ2n) is 6.33. The average molecular weight is 338 g/mol. The number of nitrogens with zero attached hydrogens (tertiary/aromatic N) is 1. The van der Waals surface area contributed by atoms with E-state index in [0.717, 1.165) is 63.5 Å². The summed E-state index contributed by atoms with van der Waals surface area (Å²) in [5, 5.41) is 3.12. The van der Waals surface area contributed by atoms with Crippen LogP contribution in [0.25, 0.3) is 0 Å². The summed E-state index contributed by atoms with van der Waals surface area (Å²) >= 11 is 1.69. The van der Waals surface area contributed by atoms with Crippen LogP contribution in [-0.4, -0.2) is 55.4 Å². The quantitative estimate of drug-likeness (QED) is 0.894. The molecule has 1 N–H and O–H groups in total. The van der Waals surface area contributed by atoms with Gasteiger partial charge in [-0.3, -0.25) is 4.79 Å². The molecule has 0 saturated carbocycles. The van der Waals surface area contributed by atoms with E-state index in [1.165, 1.54) is 0 Å². The number of thioether (sulfide) groups is 1. The number of carbonyl (C=O) groups is 1. The van der Waals surface area contributed by atoms with Gasteiger partial charge in [0.25, 0.3) is 5.91 Å². The molecule has 0 unspecified atom stereocenters. The van der Waals surface area contributed by atoms with Gasteiger partial charge in [0, 0.05) is 38.4 Å². The van der Waals surface area contributed by atoms with Crippen molar-refractivity contribution in [1.29, 1.82) is 0 Å². The summed E-state index contributed by atoms with van der Waals surface area (Å²) in [4.78, 5) is 14.8. The van der Waals surface area contributed by atoms with Gasteiger partial charge in [0.1, 0.15) is 5.76 Å². The second-order valence-corrected chi connectivity index (χ2v) is 7.19. The van der Waals surface area contributed by atoms with Crippen molar-refractivity contribution < 1.29 is 13.9 Å². The zero-order chi connectivity index (χ0) is 16.1. The highest BCUT2D eigenvalue weighted by Crippen LogP contribution is 2.20. The Morgan fingerprint density at radius 3 is 2.70 bits per heavy atom. The molecule has 1 aromatic heterocycles. The summed E-state index contributed by atoms with van der Waals surface area (Å²) in [7, 11) is 0. The van der Waals surface area contributed by atoms with Gasteiger partial charge >= 0.3 is 0 Å². The number of rotatable bonds is 5. The smallest absolute Gasteiger partial charge is 0.287 e. The molecule has 128 valence electrons. The first-order valence-corrected chi connectivity index (χ1v) is 9.86. The second kappa shape index (κ2) is 8.22. The van der Waals surface area contributed by atoms with Crippen LogP contribution in [0.2, 0.25) is 0 Å². The van der Waals surface area contributed by atoms with Gasteiger partial charge in [0.2, 0.25) is 0 Å². The molecule has 1 amide bonds. The van der Waals surface area contributed by atoms with Crippen molar-refractivity contribution in [3.05, 3.63) is 23.7 Å². The SMILES string of the molecule is CSCc1ccc(C(=O)NC2CCN(C3CCOCC3)CC2)o1. The van der Waals surface area contributed by atoms with Crippen LogP contribution in [0, 0.1) is 0 Å². The van der Waals surface area contributed by atoms with Crippen LogP contribution in [0.3, 0.4) is 0 Å². The number of nitrogens with one attached hydrogen (secondary N) is 1. The van der Waals surface area contributed by atoms with Gasteiger partial charge in [0.05, 0.1) is 5.75 Å². The van der Waals surface area contributed by atoms with Gasteiger partial charge in [-0.2, -0.15) is 11.8 Å². The molecule has 0 radical (unpaired) electrons. The van der Waals surface area contributed by atoms with Gasteiger partial charge < -0.3 is 19.4 Å².